The molecule has 3 heterocycles. The van der Waals surface area contributed by atoms with E-state index >= 15 is 0 Å². The molecule has 2 fully saturated rings. The summed E-state index contributed by atoms with van der Waals surface area (Å²) in [6, 6.07) is 12.1. The molecule has 2 aromatic carbocycles. The number of amides is 1. The second-order valence-corrected chi connectivity index (χ2v) is 13.3. The van der Waals surface area contributed by atoms with Crippen LogP contribution in [0.2, 0.25) is 0 Å². The third-order valence-electron chi connectivity index (χ3n) is 9.10. The summed E-state index contributed by atoms with van der Waals surface area (Å²) in [5, 5.41) is 0.799. The molecule has 1 saturated carbocycles. The van der Waals surface area contributed by atoms with Gasteiger partial charge in [-0.3, -0.25) is 9.69 Å². The van der Waals surface area contributed by atoms with Crippen molar-refractivity contribution >= 4 is 32.8 Å². The van der Waals surface area contributed by atoms with Crippen LogP contribution in [0.15, 0.2) is 47.4 Å². The van der Waals surface area contributed by atoms with Gasteiger partial charge in [0.15, 0.2) is 0 Å². The number of hydrogen-bond donors (Lipinski definition) is 0. The lowest BCUT2D eigenvalue weighted by molar-refractivity contribution is 0.0595. The summed E-state index contributed by atoms with van der Waals surface area (Å²) in [5.41, 5.74) is 2.85. The largest absolute Gasteiger partial charge is 0.465 e. The van der Waals surface area contributed by atoms with Crippen molar-refractivity contribution in [2.45, 2.75) is 69.4 Å². The minimum atomic E-state index is -4.14. The molecule has 8 nitrogen and oxygen atoms in total. The first kappa shape index (κ1) is 27.0. The summed E-state index contributed by atoms with van der Waals surface area (Å²) in [5.74, 6) is -0.0782. The molecule has 3 aromatic rings. The maximum absolute atomic E-state index is 14.3. The molecule has 0 unspecified atom stereocenters. The average molecular weight is 564 g/mol. The van der Waals surface area contributed by atoms with Gasteiger partial charge in [-0.05, 0) is 67.5 Å². The third kappa shape index (κ3) is 4.63. The van der Waals surface area contributed by atoms with Gasteiger partial charge in [0.25, 0.3) is 15.9 Å². The van der Waals surface area contributed by atoms with E-state index in [0.717, 1.165) is 62.0 Å². The minimum absolute atomic E-state index is 0.00217. The molecular formula is C31H37N3O5S. The van der Waals surface area contributed by atoms with Gasteiger partial charge in [-0.1, -0.05) is 31.9 Å². The molecule has 1 aromatic heterocycles. The van der Waals surface area contributed by atoms with Gasteiger partial charge in [-0.25, -0.2) is 17.2 Å². The molecule has 1 aliphatic carbocycles. The summed E-state index contributed by atoms with van der Waals surface area (Å²) >= 11 is 0. The fourth-order valence-corrected chi connectivity index (χ4v) is 8.58. The number of ether oxygens (including phenoxy) is 1. The monoisotopic (exact) mass is 563 g/mol. The number of fused-ring (bicyclic) bond motifs is 3. The topological polar surface area (TPSA) is 88.9 Å². The first-order valence-corrected chi connectivity index (χ1v) is 15.9. The SMILES string of the molecule is COC(=O)c1ccccc1S(=O)(=O)n1c2c(c3cc(C(=O)N4CCC(C)CC4)ccc31)CN(C1CCCC1)CC2. The summed E-state index contributed by atoms with van der Waals surface area (Å²) in [6.45, 7) is 5.13. The van der Waals surface area contributed by atoms with Crippen LogP contribution in [0.25, 0.3) is 10.9 Å². The third-order valence-corrected chi connectivity index (χ3v) is 10.9. The quantitative estimate of drug-likeness (QED) is 0.413. The lowest BCUT2D eigenvalue weighted by Crippen LogP contribution is -2.38. The molecule has 0 bridgehead atoms. The molecule has 0 N–H and O–H groups in total. The summed E-state index contributed by atoms with van der Waals surface area (Å²) in [4.78, 5) is 30.4. The zero-order valence-corrected chi connectivity index (χ0v) is 24.1. The molecule has 0 atom stereocenters. The Morgan fingerprint density at radius 3 is 2.40 bits per heavy atom. The van der Waals surface area contributed by atoms with Gasteiger partial charge in [0.1, 0.15) is 4.90 Å². The van der Waals surface area contributed by atoms with Gasteiger partial charge < -0.3 is 9.64 Å². The highest BCUT2D eigenvalue weighted by Crippen LogP contribution is 2.38. The molecule has 40 heavy (non-hydrogen) atoms. The van der Waals surface area contributed by atoms with Crippen molar-refractivity contribution in [3.63, 3.8) is 0 Å². The van der Waals surface area contributed by atoms with E-state index in [0.29, 0.717) is 36.0 Å². The second-order valence-electron chi connectivity index (χ2n) is 11.5. The predicted octanol–water partition coefficient (Wildman–Crippen LogP) is 4.84. The van der Waals surface area contributed by atoms with Gasteiger partial charge in [0, 0.05) is 55.3 Å². The van der Waals surface area contributed by atoms with Crippen LogP contribution in [0.3, 0.4) is 0 Å². The number of rotatable bonds is 5. The second kappa shape index (κ2) is 10.7. The van der Waals surface area contributed by atoms with Gasteiger partial charge in [0.2, 0.25) is 0 Å². The Hall–Kier alpha value is -3.17. The Morgan fingerprint density at radius 2 is 1.68 bits per heavy atom. The van der Waals surface area contributed by atoms with Crippen molar-refractivity contribution in [1.29, 1.82) is 0 Å². The number of benzene rings is 2. The number of carbonyl (C=O) groups excluding carboxylic acids is 2. The molecule has 3 aliphatic rings. The van der Waals surface area contributed by atoms with Crippen LogP contribution in [-0.4, -0.2) is 66.9 Å². The van der Waals surface area contributed by atoms with Crippen molar-refractivity contribution in [2.24, 2.45) is 5.92 Å². The molecule has 1 saturated heterocycles. The number of piperidine rings is 1. The van der Waals surface area contributed by atoms with E-state index in [1.165, 1.54) is 36.1 Å². The maximum Gasteiger partial charge on any atom is 0.339 e. The normalized spacial score (nSPS) is 19.2. The summed E-state index contributed by atoms with van der Waals surface area (Å²) < 4.78 is 35.0. The van der Waals surface area contributed by atoms with E-state index in [4.69, 9.17) is 4.74 Å². The van der Waals surface area contributed by atoms with E-state index in [1.54, 1.807) is 24.3 Å². The molecule has 212 valence electrons. The van der Waals surface area contributed by atoms with Crippen LogP contribution in [-0.2, 0) is 27.7 Å². The van der Waals surface area contributed by atoms with Gasteiger partial charge in [-0.2, -0.15) is 0 Å². The molecular weight excluding hydrogens is 526 g/mol. The Kier molecular flexibility index (Phi) is 7.21. The lowest BCUT2D eigenvalue weighted by atomic mass is 9.98. The Balaban J connectivity index is 1.49. The van der Waals surface area contributed by atoms with Crippen molar-refractivity contribution < 1.29 is 22.7 Å². The fraction of sp³-hybridized carbons (Fsp3) is 0.484. The van der Waals surface area contributed by atoms with Crippen LogP contribution >= 0.6 is 0 Å². The molecule has 9 heteroatoms. The highest BCUT2D eigenvalue weighted by Gasteiger charge is 2.35. The number of carbonyl (C=O) groups is 2. The number of aromatic nitrogens is 1. The molecule has 0 radical (unpaired) electrons. The van der Waals surface area contributed by atoms with Gasteiger partial charge >= 0.3 is 5.97 Å². The van der Waals surface area contributed by atoms with Crippen LogP contribution in [0, 0.1) is 5.92 Å². The number of nitrogens with zero attached hydrogens (tertiary/aromatic N) is 3. The predicted molar refractivity (Wildman–Crippen MR) is 153 cm³/mol. The minimum Gasteiger partial charge on any atom is -0.465 e. The molecule has 0 spiro atoms. The smallest absolute Gasteiger partial charge is 0.339 e. The summed E-state index contributed by atoms with van der Waals surface area (Å²) in [6.07, 6.45) is 7.34. The molecule has 6 rings (SSSR count). The number of likely N-dealkylation sites (tertiary alicyclic amines) is 1. The van der Waals surface area contributed by atoms with Crippen LogP contribution in [0.5, 0.6) is 0 Å². The van der Waals surface area contributed by atoms with Crippen LogP contribution in [0.4, 0.5) is 0 Å². The summed E-state index contributed by atoms with van der Waals surface area (Å²) in [7, 11) is -2.90. The van der Waals surface area contributed by atoms with Crippen LogP contribution < -0.4 is 0 Å². The standard InChI is InChI=1S/C31H37N3O5S/c1-21-13-16-32(17-14-21)30(35)22-11-12-27-25(19-22)26-20-33(23-7-3-4-8-23)18-15-28(26)34(27)40(37,38)29-10-6-5-9-24(29)31(36)39-2/h5-6,9-12,19,21,23H,3-4,7-8,13-18,20H2,1-2H3. The Labute approximate surface area is 235 Å². The van der Waals surface area contributed by atoms with Crippen LogP contribution in [0.1, 0.15) is 77.4 Å². The molecule has 1 amide bonds. The van der Waals surface area contributed by atoms with E-state index < -0.39 is 16.0 Å². The van der Waals surface area contributed by atoms with Crippen molar-refractivity contribution in [1.82, 2.24) is 13.8 Å². The first-order valence-electron chi connectivity index (χ1n) is 14.4. The van der Waals surface area contributed by atoms with Gasteiger partial charge in [-0.15, -0.1) is 0 Å². The highest BCUT2D eigenvalue weighted by molar-refractivity contribution is 7.90. The maximum atomic E-state index is 14.3. The zero-order chi connectivity index (χ0) is 28.0. The lowest BCUT2D eigenvalue weighted by Gasteiger charge is -2.33. The van der Waals surface area contributed by atoms with E-state index in [1.807, 2.05) is 11.0 Å². The Bertz CT molecular complexity index is 1560. The number of esters is 1. The van der Waals surface area contributed by atoms with E-state index in [9.17, 15) is 18.0 Å². The number of hydrogen-bond acceptors (Lipinski definition) is 6. The Morgan fingerprint density at radius 1 is 0.950 bits per heavy atom. The van der Waals surface area contributed by atoms with Crippen molar-refractivity contribution in [2.75, 3.05) is 26.7 Å². The van der Waals surface area contributed by atoms with E-state index in [2.05, 4.69) is 11.8 Å². The first-order chi connectivity index (χ1) is 19.3. The van der Waals surface area contributed by atoms with E-state index in [-0.39, 0.29) is 16.4 Å². The van der Waals surface area contributed by atoms with Crippen molar-refractivity contribution in [3.8, 4) is 0 Å². The van der Waals surface area contributed by atoms with Gasteiger partial charge in [0.05, 0.1) is 18.2 Å². The zero-order valence-electron chi connectivity index (χ0n) is 23.3. The van der Waals surface area contributed by atoms with Crippen molar-refractivity contribution in [3.05, 3.63) is 64.8 Å². The average Bonchev–Trinajstić information content (AvgIpc) is 3.63. The number of methoxy groups -OCH3 is 1. The molecule has 2 aliphatic heterocycles. The fourth-order valence-electron chi connectivity index (χ4n) is 6.79. The highest BCUT2D eigenvalue weighted by atomic mass is 32.2.